The van der Waals surface area contributed by atoms with Gasteiger partial charge >= 0.3 is 0 Å². The summed E-state index contributed by atoms with van der Waals surface area (Å²) < 4.78 is 27.4. The molecule has 9 heteroatoms. The molecule has 0 saturated carbocycles. The molecule has 6 nitrogen and oxygen atoms in total. The van der Waals surface area contributed by atoms with E-state index in [0.717, 1.165) is 0 Å². The molecule has 0 aliphatic carbocycles. The van der Waals surface area contributed by atoms with Crippen LogP contribution in [0.25, 0.3) is 0 Å². The minimum absolute atomic E-state index is 0.0202. The van der Waals surface area contributed by atoms with Crippen LogP contribution in [0.4, 0.5) is 5.82 Å². The Kier molecular flexibility index (Phi) is 4.37. The molecule has 0 saturated heterocycles. The van der Waals surface area contributed by atoms with Gasteiger partial charge in [-0.3, -0.25) is 4.72 Å². The van der Waals surface area contributed by atoms with Crippen LogP contribution in [0.2, 0.25) is 0 Å². The van der Waals surface area contributed by atoms with Gasteiger partial charge in [-0.15, -0.1) is 0 Å². The van der Waals surface area contributed by atoms with E-state index in [1.54, 1.807) is 0 Å². The molecule has 0 aliphatic rings. The summed E-state index contributed by atoms with van der Waals surface area (Å²) in [7, 11) is -3.83. The normalized spacial score (nSPS) is 10.8. The predicted molar refractivity (Wildman–Crippen MR) is 79.4 cm³/mol. The number of benzene rings is 1. The lowest BCUT2D eigenvalue weighted by atomic mass is 10.2. The van der Waals surface area contributed by atoms with Gasteiger partial charge in [-0.1, -0.05) is 6.07 Å². The molecule has 20 heavy (non-hydrogen) atoms. The number of hydrogen-bond acceptors (Lipinski definition) is 5. The number of aromatic nitrogens is 2. The van der Waals surface area contributed by atoms with E-state index in [1.165, 1.54) is 30.5 Å². The number of nitrogens with one attached hydrogen (secondary N) is 1. The van der Waals surface area contributed by atoms with Crippen LogP contribution in [0, 0.1) is 11.3 Å². The van der Waals surface area contributed by atoms with Crippen molar-refractivity contribution in [2.75, 3.05) is 4.72 Å². The number of sulfonamides is 1. The monoisotopic (exact) mass is 416 g/mol. The summed E-state index contributed by atoms with van der Waals surface area (Å²) in [5, 5.41) is 8.79. The molecule has 1 aromatic heterocycles. The molecular weight excluding hydrogens is 412 g/mol. The second kappa shape index (κ2) is 5.87. The van der Waals surface area contributed by atoms with Crippen molar-refractivity contribution < 1.29 is 8.42 Å². The Balaban J connectivity index is 2.38. The largest absolute Gasteiger partial charge is 0.263 e. The van der Waals surface area contributed by atoms with E-state index >= 15 is 0 Å². The van der Waals surface area contributed by atoms with Gasteiger partial charge in [0.15, 0.2) is 10.4 Å². The van der Waals surface area contributed by atoms with Gasteiger partial charge in [-0.2, -0.15) is 5.26 Å². The first kappa shape index (κ1) is 14.9. The number of nitriles is 1. The van der Waals surface area contributed by atoms with Crippen molar-refractivity contribution in [3.8, 4) is 6.07 Å². The minimum Gasteiger partial charge on any atom is -0.261 e. The van der Waals surface area contributed by atoms with E-state index in [1.807, 2.05) is 6.07 Å². The van der Waals surface area contributed by atoms with Crippen molar-refractivity contribution in [1.29, 1.82) is 5.26 Å². The molecule has 1 heterocycles. The van der Waals surface area contributed by atoms with Gasteiger partial charge in [0, 0.05) is 0 Å². The fourth-order valence-corrected chi connectivity index (χ4v) is 3.44. The highest BCUT2D eigenvalue weighted by Crippen LogP contribution is 2.22. The third-order valence-corrected chi connectivity index (χ3v) is 4.48. The van der Waals surface area contributed by atoms with E-state index in [-0.39, 0.29) is 20.9 Å². The van der Waals surface area contributed by atoms with Crippen molar-refractivity contribution in [3.63, 3.8) is 0 Å². The number of rotatable bonds is 3. The van der Waals surface area contributed by atoms with E-state index in [9.17, 15) is 8.42 Å². The van der Waals surface area contributed by atoms with Crippen LogP contribution in [-0.4, -0.2) is 18.4 Å². The van der Waals surface area contributed by atoms with Crippen molar-refractivity contribution in [1.82, 2.24) is 9.97 Å². The molecule has 0 amide bonds. The Morgan fingerprint density at radius 2 is 2.05 bits per heavy atom. The van der Waals surface area contributed by atoms with Crippen molar-refractivity contribution in [2.24, 2.45) is 0 Å². The average molecular weight is 418 g/mol. The molecule has 102 valence electrons. The first-order chi connectivity index (χ1) is 9.42. The SMILES string of the molecule is N#Cc1cccc(S(=O)(=O)Nc2ncc(Br)nc2Br)c1. The van der Waals surface area contributed by atoms with Gasteiger partial charge in [0.1, 0.15) is 4.60 Å². The minimum atomic E-state index is -3.83. The molecular formula is C11H6Br2N4O2S. The third-order valence-electron chi connectivity index (χ3n) is 2.21. The van der Waals surface area contributed by atoms with Crippen LogP contribution < -0.4 is 4.72 Å². The summed E-state index contributed by atoms with van der Waals surface area (Å²) in [6.07, 6.45) is 1.37. The molecule has 0 aliphatic heterocycles. The van der Waals surface area contributed by atoms with Crippen LogP contribution >= 0.6 is 31.9 Å². The summed E-state index contributed by atoms with van der Waals surface area (Å²) in [5.74, 6) is 0.0653. The Labute approximate surface area is 132 Å². The van der Waals surface area contributed by atoms with E-state index in [4.69, 9.17) is 5.26 Å². The van der Waals surface area contributed by atoms with Crippen LogP contribution in [0.5, 0.6) is 0 Å². The third kappa shape index (κ3) is 3.33. The van der Waals surface area contributed by atoms with E-state index < -0.39 is 10.0 Å². The maximum absolute atomic E-state index is 12.2. The molecule has 1 aromatic carbocycles. The van der Waals surface area contributed by atoms with Crippen LogP contribution in [-0.2, 0) is 10.0 Å². The Morgan fingerprint density at radius 3 is 2.70 bits per heavy atom. The Morgan fingerprint density at radius 1 is 1.30 bits per heavy atom. The zero-order chi connectivity index (χ0) is 14.8. The molecule has 2 aromatic rings. The Hall–Kier alpha value is -1.50. The second-order valence-corrected chi connectivity index (χ2v) is 6.82. The molecule has 1 N–H and O–H groups in total. The lowest BCUT2D eigenvalue weighted by molar-refractivity contribution is 0.601. The number of anilines is 1. The molecule has 0 radical (unpaired) electrons. The zero-order valence-corrected chi connectivity index (χ0v) is 13.7. The second-order valence-electron chi connectivity index (χ2n) is 3.58. The maximum Gasteiger partial charge on any atom is 0.263 e. The first-order valence-electron chi connectivity index (χ1n) is 5.13. The standard InChI is InChI=1S/C11H6Br2N4O2S/c12-9-6-15-11(10(13)16-9)17-20(18,19)8-3-1-2-7(4-8)5-14/h1-4,6H,(H,15,17). The van der Waals surface area contributed by atoms with Gasteiger partial charge in [-0.25, -0.2) is 18.4 Å². The van der Waals surface area contributed by atoms with Gasteiger partial charge < -0.3 is 0 Å². The molecule has 0 atom stereocenters. The molecule has 0 fully saturated rings. The zero-order valence-electron chi connectivity index (χ0n) is 9.71. The van der Waals surface area contributed by atoms with Crippen molar-refractivity contribution in [2.45, 2.75) is 4.90 Å². The van der Waals surface area contributed by atoms with Gasteiger partial charge in [0.05, 0.1) is 22.7 Å². The van der Waals surface area contributed by atoms with Gasteiger partial charge in [0.25, 0.3) is 10.0 Å². The van der Waals surface area contributed by atoms with E-state index in [2.05, 4.69) is 46.5 Å². The topological polar surface area (TPSA) is 95.7 Å². The van der Waals surface area contributed by atoms with Crippen molar-refractivity contribution in [3.05, 3.63) is 45.2 Å². The number of halogens is 2. The summed E-state index contributed by atoms with van der Waals surface area (Å²) in [4.78, 5) is 7.88. The average Bonchev–Trinajstić information content (AvgIpc) is 2.42. The summed E-state index contributed by atoms with van der Waals surface area (Å²) in [6.45, 7) is 0. The van der Waals surface area contributed by atoms with Crippen molar-refractivity contribution >= 4 is 47.7 Å². The molecule has 2 rings (SSSR count). The van der Waals surface area contributed by atoms with E-state index in [0.29, 0.717) is 4.60 Å². The predicted octanol–water partition coefficient (Wildman–Crippen LogP) is 2.67. The van der Waals surface area contributed by atoms with Gasteiger partial charge in [-0.05, 0) is 50.1 Å². The van der Waals surface area contributed by atoms with Crippen LogP contribution in [0.15, 0.2) is 44.6 Å². The smallest absolute Gasteiger partial charge is 0.261 e. The highest BCUT2D eigenvalue weighted by molar-refractivity contribution is 9.11. The molecule has 0 bridgehead atoms. The summed E-state index contributed by atoms with van der Waals surface area (Å²) in [6, 6.07) is 7.58. The van der Waals surface area contributed by atoms with Crippen LogP contribution in [0.3, 0.4) is 0 Å². The quantitative estimate of drug-likeness (QED) is 0.827. The molecule has 0 spiro atoms. The highest BCUT2D eigenvalue weighted by Gasteiger charge is 2.17. The van der Waals surface area contributed by atoms with Gasteiger partial charge in [0.2, 0.25) is 0 Å². The number of hydrogen-bond donors (Lipinski definition) is 1. The Bertz CT molecular complexity index is 802. The lowest BCUT2D eigenvalue weighted by Gasteiger charge is -2.08. The fraction of sp³-hybridized carbons (Fsp3) is 0. The maximum atomic E-state index is 12.2. The number of nitrogens with zero attached hydrogens (tertiary/aromatic N) is 3. The first-order valence-corrected chi connectivity index (χ1v) is 8.20. The summed E-state index contributed by atoms with van der Waals surface area (Å²) in [5.41, 5.74) is 0.258. The summed E-state index contributed by atoms with van der Waals surface area (Å²) >= 11 is 6.24. The van der Waals surface area contributed by atoms with Crippen LogP contribution in [0.1, 0.15) is 5.56 Å². The molecule has 0 unspecified atom stereocenters. The lowest BCUT2D eigenvalue weighted by Crippen LogP contribution is -2.14. The highest BCUT2D eigenvalue weighted by atomic mass is 79.9. The fourth-order valence-electron chi connectivity index (χ4n) is 1.33.